The molecule has 0 aliphatic rings. The number of likely N-dealkylation sites (N-methyl/N-ethyl adjacent to an activating group) is 1. The van der Waals surface area contributed by atoms with Crippen molar-refractivity contribution >= 4 is 29.0 Å². The molecular weight excluding hydrogens is 342 g/mol. The average Bonchev–Trinajstić information content (AvgIpc) is 2.58. The first kappa shape index (κ1) is 20.3. The molecule has 0 heterocycles. The largest absolute Gasteiger partial charge is 0.325 e. The van der Waals surface area contributed by atoms with Crippen molar-refractivity contribution in [2.75, 3.05) is 30.8 Å². The van der Waals surface area contributed by atoms with Crippen molar-refractivity contribution in [2.24, 2.45) is 0 Å². The van der Waals surface area contributed by atoms with Crippen LogP contribution in [-0.4, -0.2) is 42.6 Å². The van der Waals surface area contributed by atoms with Gasteiger partial charge >= 0.3 is 0 Å². The van der Waals surface area contributed by atoms with E-state index in [1.807, 2.05) is 32.0 Å². The maximum Gasteiger partial charge on any atom is 0.238 e. The Morgan fingerprint density at radius 3 is 2.04 bits per heavy atom. The number of ketones is 1. The smallest absolute Gasteiger partial charge is 0.238 e. The molecule has 0 spiro atoms. The number of hydrogen-bond acceptors (Lipinski definition) is 4. The second-order valence-corrected chi connectivity index (χ2v) is 6.67. The van der Waals surface area contributed by atoms with Gasteiger partial charge in [0.2, 0.25) is 11.8 Å². The standard InChI is InChI=1S/C21H25N3O3/c1-14-7-5-8-15(2)21(14)23-20(27)13-24(4)12-19(26)22-18-10-6-9-17(11-18)16(3)25/h5-11H,12-13H2,1-4H3,(H,22,26)(H,23,27). The van der Waals surface area contributed by atoms with Gasteiger partial charge in [-0.05, 0) is 51.1 Å². The van der Waals surface area contributed by atoms with E-state index >= 15 is 0 Å². The fourth-order valence-electron chi connectivity index (χ4n) is 2.75. The predicted molar refractivity (Wildman–Crippen MR) is 107 cm³/mol. The Balaban J connectivity index is 1.88. The Morgan fingerprint density at radius 2 is 1.44 bits per heavy atom. The van der Waals surface area contributed by atoms with Gasteiger partial charge in [-0.2, -0.15) is 0 Å². The highest BCUT2D eigenvalue weighted by Gasteiger charge is 2.13. The molecular formula is C21H25N3O3. The summed E-state index contributed by atoms with van der Waals surface area (Å²) >= 11 is 0. The van der Waals surface area contributed by atoms with E-state index in [0.717, 1.165) is 16.8 Å². The molecule has 2 aromatic rings. The van der Waals surface area contributed by atoms with Crippen LogP contribution in [0.5, 0.6) is 0 Å². The normalized spacial score (nSPS) is 10.6. The van der Waals surface area contributed by atoms with Gasteiger partial charge < -0.3 is 10.6 Å². The molecule has 2 rings (SSSR count). The van der Waals surface area contributed by atoms with Crippen LogP contribution in [0.25, 0.3) is 0 Å². The second kappa shape index (κ2) is 9.09. The fourth-order valence-corrected chi connectivity index (χ4v) is 2.75. The maximum absolute atomic E-state index is 12.3. The van der Waals surface area contributed by atoms with Crippen molar-refractivity contribution in [3.63, 3.8) is 0 Å². The quantitative estimate of drug-likeness (QED) is 0.738. The van der Waals surface area contributed by atoms with E-state index in [0.29, 0.717) is 11.3 Å². The van der Waals surface area contributed by atoms with Crippen molar-refractivity contribution in [1.82, 2.24) is 4.90 Å². The summed E-state index contributed by atoms with van der Waals surface area (Å²) in [5.41, 5.74) is 3.89. The minimum absolute atomic E-state index is 0.0600. The topological polar surface area (TPSA) is 78.5 Å². The summed E-state index contributed by atoms with van der Waals surface area (Å²) in [6, 6.07) is 12.6. The van der Waals surface area contributed by atoms with Crippen LogP contribution < -0.4 is 10.6 Å². The van der Waals surface area contributed by atoms with Crippen molar-refractivity contribution < 1.29 is 14.4 Å². The summed E-state index contributed by atoms with van der Waals surface area (Å²) in [4.78, 5) is 37.5. The van der Waals surface area contributed by atoms with Gasteiger partial charge in [0.25, 0.3) is 0 Å². The first-order chi connectivity index (χ1) is 12.8. The Bertz CT molecular complexity index is 841. The van der Waals surface area contributed by atoms with Crippen LogP contribution in [0.1, 0.15) is 28.4 Å². The number of nitrogens with zero attached hydrogens (tertiary/aromatic N) is 1. The molecule has 0 saturated carbocycles. The number of Topliss-reactive ketones (excluding diaryl/α,β-unsaturated/α-hetero) is 1. The molecule has 0 aliphatic carbocycles. The maximum atomic E-state index is 12.3. The molecule has 6 nitrogen and oxygen atoms in total. The number of anilines is 2. The minimum Gasteiger partial charge on any atom is -0.325 e. The molecule has 0 bridgehead atoms. The van der Waals surface area contributed by atoms with Gasteiger partial charge in [-0.3, -0.25) is 19.3 Å². The van der Waals surface area contributed by atoms with Gasteiger partial charge in [-0.1, -0.05) is 30.3 Å². The highest BCUT2D eigenvalue weighted by molar-refractivity contribution is 5.98. The lowest BCUT2D eigenvalue weighted by molar-refractivity contribution is -0.119. The second-order valence-electron chi connectivity index (χ2n) is 6.67. The van der Waals surface area contributed by atoms with Gasteiger partial charge in [0.1, 0.15) is 0 Å². The van der Waals surface area contributed by atoms with Crippen LogP contribution in [0.3, 0.4) is 0 Å². The van der Waals surface area contributed by atoms with E-state index in [1.165, 1.54) is 6.92 Å². The summed E-state index contributed by atoms with van der Waals surface area (Å²) in [6.45, 7) is 5.51. The summed E-state index contributed by atoms with van der Waals surface area (Å²) in [5, 5.41) is 5.65. The summed E-state index contributed by atoms with van der Waals surface area (Å²) in [5.74, 6) is -0.495. The molecule has 0 aliphatic heterocycles. The molecule has 0 radical (unpaired) electrons. The van der Waals surface area contributed by atoms with Crippen molar-refractivity contribution in [3.05, 3.63) is 59.2 Å². The lowest BCUT2D eigenvalue weighted by Gasteiger charge is -2.17. The number of carbonyl (C=O) groups is 3. The summed E-state index contributed by atoms with van der Waals surface area (Å²) in [7, 11) is 1.70. The average molecular weight is 367 g/mol. The van der Waals surface area contributed by atoms with Gasteiger partial charge in [-0.25, -0.2) is 0 Å². The molecule has 2 N–H and O–H groups in total. The molecule has 0 aromatic heterocycles. The molecule has 6 heteroatoms. The van der Waals surface area contributed by atoms with Crippen LogP contribution in [0.15, 0.2) is 42.5 Å². The fraction of sp³-hybridized carbons (Fsp3) is 0.286. The predicted octanol–water partition coefficient (Wildman–Crippen LogP) is 3.02. The third-order valence-corrected chi connectivity index (χ3v) is 4.13. The monoisotopic (exact) mass is 367 g/mol. The van der Waals surface area contributed by atoms with Gasteiger partial charge in [0, 0.05) is 16.9 Å². The Hall–Kier alpha value is -2.99. The van der Waals surface area contributed by atoms with Crippen LogP contribution in [0.4, 0.5) is 11.4 Å². The zero-order chi connectivity index (χ0) is 20.0. The van der Waals surface area contributed by atoms with Crippen molar-refractivity contribution in [2.45, 2.75) is 20.8 Å². The summed E-state index contributed by atoms with van der Waals surface area (Å²) < 4.78 is 0. The molecule has 2 aromatic carbocycles. The Labute approximate surface area is 159 Å². The molecule has 0 fully saturated rings. The van der Waals surface area contributed by atoms with Gasteiger partial charge in [0.15, 0.2) is 5.78 Å². The summed E-state index contributed by atoms with van der Waals surface area (Å²) in [6.07, 6.45) is 0. The highest BCUT2D eigenvalue weighted by atomic mass is 16.2. The molecule has 0 atom stereocenters. The molecule has 27 heavy (non-hydrogen) atoms. The first-order valence-electron chi connectivity index (χ1n) is 8.71. The van der Waals surface area contributed by atoms with Gasteiger partial charge in [-0.15, -0.1) is 0 Å². The van der Waals surface area contributed by atoms with Crippen LogP contribution in [0.2, 0.25) is 0 Å². The number of nitrogens with one attached hydrogen (secondary N) is 2. The van der Waals surface area contributed by atoms with E-state index in [2.05, 4.69) is 10.6 Å². The number of carbonyl (C=O) groups excluding carboxylic acids is 3. The number of hydrogen-bond donors (Lipinski definition) is 2. The number of aryl methyl sites for hydroxylation is 2. The molecule has 0 unspecified atom stereocenters. The van der Waals surface area contributed by atoms with E-state index in [9.17, 15) is 14.4 Å². The van der Waals surface area contributed by atoms with Crippen LogP contribution in [0, 0.1) is 13.8 Å². The number of para-hydroxylation sites is 1. The lowest BCUT2D eigenvalue weighted by atomic mass is 10.1. The van der Waals surface area contributed by atoms with E-state index < -0.39 is 0 Å². The minimum atomic E-state index is -0.252. The molecule has 142 valence electrons. The number of rotatable bonds is 7. The SMILES string of the molecule is CC(=O)c1cccc(NC(=O)CN(C)CC(=O)Nc2c(C)cccc2C)c1. The first-order valence-corrected chi connectivity index (χ1v) is 8.71. The van der Waals surface area contributed by atoms with E-state index in [4.69, 9.17) is 0 Å². The zero-order valence-corrected chi connectivity index (χ0v) is 16.1. The van der Waals surface area contributed by atoms with Gasteiger partial charge in [0.05, 0.1) is 13.1 Å². The van der Waals surface area contributed by atoms with Crippen LogP contribution in [-0.2, 0) is 9.59 Å². The van der Waals surface area contributed by atoms with Crippen LogP contribution >= 0.6 is 0 Å². The van der Waals surface area contributed by atoms with E-state index in [1.54, 1.807) is 36.2 Å². The third-order valence-electron chi connectivity index (χ3n) is 4.13. The molecule has 0 saturated heterocycles. The lowest BCUT2D eigenvalue weighted by Crippen LogP contribution is -2.36. The number of amides is 2. The number of benzene rings is 2. The van der Waals surface area contributed by atoms with Crippen molar-refractivity contribution in [1.29, 1.82) is 0 Å². The van der Waals surface area contributed by atoms with E-state index in [-0.39, 0.29) is 30.7 Å². The Kier molecular flexibility index (Phi) is 6.85. The van der Waals surface area contributed by atoms with Crippen molar-refractivity contribution in [3.8, 4) is 0 Å². The Morgan fingerprint density at radius 1 is 0.889 bits per heavy atom. The zero-order valence-electron chi connectivity index (χ0n) is 16.1. The molecule has 2 amide bonds. The third kappa shape index (κ3) is 6.04. The highest BCUT2D eigenvalue weighted by Crippen LogP contribution is 2.19.